The molecule has 7 nitrogen and oxygen atoms in total. The van der Waals surface area contributed by atoms with Crippen molar-refractivity contribution >= 4 is 33.2 Å². The Labute approximate surface area is 172 Å². The van der Waals surface area contributed by atoms with Gasteiger partial charge in [-0.2, -0.15) is 4.31 Å². The van der Waals surface area contributed by atoms with Gasteiger partial charge in [-0.1, -0.05) is 23.7 Å². The Morgan fingerprint density at radius 1 is 1.31 bits per heavy atom. The van der Waals surface area contributed by atoms with Gasteiger partial charge in [-0.25, -0.2) is 12.8 Å². The predicted octanol–water partition coefficient (Wildman–Crippen LogP) is 3.29. The lowest BCUT2D eigenvalue weighted by Gasteiger charge is -2.16. The van der Waals surface area contributed by atoms with E-state index in [9.17, 15) is 17.6 Å². The Morgan fingerprint density at radius 3 is 2.76 bits per heavy atom. The van der Waals surface area contributed by atoms with E-state index in [1.54, 1.807) is 24.5 Å². The number of benzene rings is 1. The molecule has 2 aromatic heterocycles. The number of halogens is 2. The molecule has 0 aliphatic rings. The van der Waals surface area contributed by atoms with Crippen LogP contribution >= 0.6 is 11.6 Å². The highest BCUT2D eigenvalue weighted by molar-refractivity contribution is 7.89. The summed E-state index contributed by atoms with van der Waals surface area (Å²) in [6.45, 7) is 0.125. The topological polar surface area (TPSA) is 84.3 Å². The van der Waals surface area contributed by atoms with Gasteiger partial charge in [0, 0.05) is 39.2 Å². The summed E-state index contributed by atoms with van der Waals surface area (Å²) in [5, 5.41) is 2.28. The quantitative estimate of drug-likeness (QED) is 0.642. The first-order valence-electron chi connectivity index (χ1n) is 8.47. The fourth-order valence-corrected chi connectivity index (χ4v) is 4.11. The van der Waals surface area contributed by atoms with Crippen molar-refractivity contribution in [1.82, 2.24) is 13.9 Å². The molecule has 0 spiro atoms. The number of carbonyl (C=O) groups excluding carboxylic acids is 1. The van der Waals surface area contributed by atoms with Gasteiger partial charge in [-0.15, -0.1) is 0 Å². The van der Waals surface area contributed by atoms with E-state index in [0.29, 0.717) is 0 Å². The lowest BCUT2D eigenvalue weighted by Crippen LogP contribution is -2.26. The summed E-state index contributed by atoms with van der Waals surface area (Å²) < 4.78 is 42.3. The van der Waals surface area contributed by atoms with E-state index in [-0.39, 0.29) is 27.8 Å². The van der Waals surface area contributed by atoms with Crippen molar-refractivity contribution in [3.8, 4) is 0 Å². The predicted molar refractivity (Wildman–Crippen MR) is 108 cm³/mol. The summed E-state index contributed by atoms with van der Waals surface area (Å²) in [4.78, 5) is 16.5. The lowest BCUT2D eigenvalue weighted by atomic mass is 10.3. The van der Waals surface area contributed by atoms with Crippen LogP contribution in [0.5, 0.6) is 0 Å². The van der Waals surface area contributed by atoms with Gasteiger partial charge in [-0.3, -0.25) is 9.78 Å². The van der Waals surface area contributed by atoms with E-state index >= 15 is 0 Å². The van der Waals surface area contributed by atoms with Gasteiger partial charge in [-0.05, 0) is 29.8 Å². The minimum atomic E-state index is -3.85. The number of hydrogen-bond acceptors (Lipinski definition) is 4. The maximum atomic E-state index is 14.0. The third kappa shape index (κ3) is 4.47. The number of nitrogens with one attached hydrogen (secondary N) is 1. The average Bonchev–Trinajstić information content (AvgIpc) is 3.09. The van der Waals surface area contributed by atoms with Crippen molar-refractivity contribution < 1.29 is 17.6 Å². The molecule has 0 aliphatic heterocycles. The number of nitrogens with zero attached hydrogens (tertiary/aromatic N) is 3. The number of pyridine rings is 1. The third-order valence-corrected chi connectivity index (χ3v) is 6.31. The average molecular weight is 437 g/mol. The van der Waals surface area contributed by atoms with Crippen LogP contribution in [0.25, 0.3) is 0 Å². The number of aryl methyl sites for hydroxylation is 1. The molecule has 0 bridgehead atoms. The molecule has 2 heterocycles. The number of anilines is 1. The first kappa shape index (κ1) is 21.0. The van der Waals surface area contributed by atoms with Gasteiger partial charge in [0.05, 0.1) is 10.7 Å². The Hall–Kier alpha value is -2.75. The molecule has 0 unspecified atom stereocenters. The van der Waals surface area contributed by atoms with Gasteiger partial charge in [0.15, 0.2) is 5.82 Å². The van der Waals surface area contributed by atoms with Crippen molar-refractivity contribution in [3.05, 3.63) is 77.1 Å². The van der Waals surface area contributed by atoms with Gasteiger partial charge in [0.1, 0.15) is 10.6 Å². The van der Waals surface area contributed by atoms with Gasteiger partial charge in [0.25, 0.3) is 5.91 Å². The summed E-state index contributed by atoms with van der Waals surface area (Å²) in [7, 11) is -0.879. The molecule has 152 valence electrons. The van der Waals surface area contributed by atoms with Gasteiger partial charge in [0.2, 0.25) is 10.0 Å². The molecule has 0 saturated carbocycles. The molecule has 10 heteroatoms. The first-order valence-corrected chi connectivity index (χ1v) is 10.3. The summed E-state index contributed by atoms with van der Waals surface area (Å²) in [6.07, 6.45) is 4.51. The minimum absolute atomic E-state index is 0.0527. The first-order chi connectivity index (χ1) is 13.7. The molecule has 0 atom stereocenters. The molecule has 1 N–H and O–H groups in total. The zero-order chi connectivity index (χ0) is 21.2. The number of sulfonamides is 1. The SMILES string of the molecule is CN(Cc1cccnc1)S(=O)(=O)c1cc(C(=O)Nc2cccc(Cl)c2F)n(C)c1. The van der Waals surface area contributed by atoms with Crippen molar-refractivity contribution in [1.29, 1.82) is 0 Å². The normalized spacial score (nSPS) is 11.6. The number of rotatable bonds is 6. The second-order valence-corrected chi connectivity index (χ2v) is 8.80. The number of hydrogen-bond donors (Lipinski definition) is 1. The maximum Gasteiger partial charge on any atom is 0.272 e. The number of amides is 1. The van der Waals surface area contributed by atoms with Crippen molar-refractivity contribution in [2.75, 3.05) is 12.4 Å². The number of aromatic nitrogens is 2. The zero-order valence-corrected chi connectivity index (χ0v) is 17.2. The highest BCUT2D eigenvalue weighted by atomic mass is 35.5. The third-order valence-electron chi connectivity index (χ3n) is 4.25. The molecule has 0 saturated heterocycles. The Balaban J connectivity index is 1.83. The monoisotopic (exact) mass is 436 g/mol. The molecule has 29 heavy (non-hydrogen) atoms. The van der Waals surface area contributed by atoms with Crippen LogP contribution in [0.15, 0.2) is 59.9 Å². The van der Waals surface area contributed by atoms with E-state index in [1.807, 2.05) is 0 Å². The standard InChI is InChI=1S/C19H18ClFN4O3S/c1-24-12-14(29(27,28)25(2)11-13-5-4-8-22-10-13)9-17(24)19(26)23-16-7-3-6-15(20)18(16)21/h3-10,12H,11H2,1-2H3,(H,23,26). The highest BCUT2D eigenvalue weighted by Crippen LogP contribution is 2.24. The molecule has 3 aromatic rings. The Morgan fingerprint density at radius 2 is 2.07 bits per heavy atom. The lowest BCUT2D eigenvalue weighted by molar-refractivity contribution is 0.101. The maximum absolute atomic E-state index is 14.0. The smallest absolute Gasteiger partial charge is 0.272 e. The summed E-state index contributed by atoms with van der Waals surface area (Å²) in [6, 6.07) is 8.94. The fourth-order valence-electron chi connectivity index (χ4n) is 2.70. The van der Waals surface area contributed by atoms with Crippen LogP contribution in [-0.2, 0) is 23.6 Å². The molecular formula is C19H18ClFN4O3S. The van der Waals surface area contributed by atoms with Crippen LogP contribution in [0.1, 0.15) is 16.1 Å². The molecule has 0 aliphatic carbocycles. The summed E-state index contributed by atoms with van der Waals surface area (Å²) >= 11 is 5.72. The number of carbonyl (C=O) groups is 1. The van der Waals surface area contributed by atoms with E-state index in [0.717, 1.165) is 9.87 Å². The van der Waals surface area contributed by atoms with Gasteiger partial charge < -0.3 is 9.88 Å². The van der Waals surface area contributed by atoms with Crippen molar-refractivity contribution in [2.24, 2.45) is 7.05 Å². The van der Waals surface area contributed by atoms with E-state index in [2.05, 4.69) is 10.3 Å². The largest absolute Gasteiger partial charge is 0.345 e. The molecule has 1 aromatic carbocycles. The van der Waals surface area contributed by atoms with Gasteiger partial charge >= 0.3 is 0 Å². The molecule has 0 radical (unpaired) electrons. The van der Waals surface area contributed by atoms with Crippen LogP contribution < -0.4 is 5.32 Å². The summed E-state index contributed by atoms with van der Waals surface area (Å²) in [5.74, 6) is -1.43. The molecule has 3 rings (SSSR count). The van der Waals surface area contributed by atoms with Crippen LogP contribution in [-0.4, -0.2) is 35.2 Å². The van der Waals surface area contributed by atoms with Crippen LogP contribution in [0, 0.1) is 5.82 Å². The van der Waals surface area contributed by atoms with Crippen LogP contribution in [0.2, 0.25) is 5.02 Å². The zero-order valence-electron chi connectivity index (χ0n) is 15.6. The van der Waals surface area contributed by atoms with E-state index in [1.165, 1.54) is 49.1 Å². The van der Waals surface area contributed by atoms with E-state index < -0.39 is 21.7 Å². The van der Waals surface area contributed by atoms with Crippen LogP contribution in [0.4, 0.5) is 10.1 Å². The Bertz CT molecular complexity index is 1150. The molecule has 1 amide bonds. The highest BCUT2D eigenvalue weighted by Gasteiger charge is 2.25. The molecular weight excluding hydrogens is 419 g/mol. The second-order valence-electron chi connectivity index (χ2n) is 6.35. The van der Waals surface area contributed by atoms with E-state index in [4.69, 9.17) is 11.6 Å². The van der Waals surface area contributed by atoms with Crippen LogP contribution in [0.3, 0.4) is 0 Å². The minimum Gasteiger partial charge on any atom is -0.345 e. The molecule has 0 fully saturated rings. The second kappa shape index (κ2) is 8.32. The van der Waals surface area contributed by atoms with Crippen molar-refractivity contribution in [3.63, 3.8) is 0 Å². The summed E-state index contributed by atoms with van der Waals surface area (Å²) in [5.41, 5.74) is 0.684. The Kier molecular flexibility index (Phi) is 6.02. The van der Waals surface area contributed by atoms with Crippen molar-refractivity contribution in [2.45, 2.75) is 11.4 Å². The fraction of sp³-hybridized carbons (Fsp3) is 0.158.